The second-order valence-electron chi connectivity index (χ2n) is 7.10. The fourth-order valence-corrected chi connectivity index (χ4v) is 4.64. The highest BCUT2D eigenvalue weighted by Gasteiger charge is 2.24. The van der Waals surface area contributed by atoms with Crippen LogP contribution in [0.1, 0.15) is 39.0 Å². The number of benzene rings is 1. The molecule has 0 radical (unpaired) electrons. The quantitative estimate of drug-likeness (QED) is 0.698. The van der Waals surface area contributed by atoms with Crippen LogP contribution in [0.25, 0.3) is 0 Å². The van der Waals surface area contributed by atoms with Gasteiger partial charge in [-0.15, -0.1) is 0 Å². The van der Waals surface area contributed by atoms with Crippen molar-refractivity contribution in [3.05, 3.63) is 24.3 Å². The van der Waals surface area contributed by atoms with Gasteiger partial charge in [-0.05, 0) is 50.8 Å². The van der Waals surface area contributed by atoms with E-state index in [2.05, 4.69) is 22.0 Å². The molecule has 1 fully saturated rings. The van der Waals surface area contributed by atoms with Gasteiger partial charge < -0.3 is 10.2 Å². The number of nitrogens with zero attached hydrogens (tertiary/aromatic N) is 1. The van der Waals surface area contributed by atoms with Crippen LogP contribution >= 0.6 is 0 Å². The molecule has 1 amide bonds. The minimum absolute atomic E-state index is 0.0866. The van der Waals surface area contributed by atoms with Gasteiger partial charge in [0.05, 0.1) is 17.5 Å². The van der Waals surface area contributed by atoms with Gasteiger partial charge in [0.15, 0.2) is 6.54 Å². The van der Waals surface area contributed by atoms with Crippen molar-refractivity contribution in [1.29, 1.82) is 0 Å². The number of carbonyl (C=O) groups excluding carboxylic acids is 1. The molecule has 0 aromatic heterocycles. The summed E-state index contributed by atoms with van der Waals surface area (Å²) in [7, 11) is -3.68. The van der Waals surface area contributed by atoms with E-state index in [-0.39, 0.29) is 10.8 Å². The Balaban J connectivity index is 1.64. The fourth-order valence-electron chi connectivity index (χ4n) is 3.51. The minimum atomic E-state index is -3.68. The van der Waals surface area contributed by atoms with E-state index in [9.17, 15) is 13.2 Å². The summed E-state index contributed by atoms with van der Waals surface area (Å²) in [5.41, 5.74) is 0.496. The molecule has 3 rings (SSSR count). The van der Waals surface area contributed by atoms with E-state index in [0.717, 1.165) is 25.8 Å². The average molecular weight is 380 g/mol. The zero-order valence-electron chi connectivity index (χ0n) is 15.1. The lowest BCUT2D eigenvalue weighted by Gasteiger charge is -2.29. The molecule has 0 spiro atoms. The Kier molecular flexibility index (Phi) is 5.93. The molecule has 1 unspecified atom stereocenters. The first-order chi connectivity index (χ1) is 12.4. The summed E-state index contributed by atoms with van der Waals surface area (Å²) in [6, 6.07) is 6.84. The number of quaternary nitrogens is 1. The lowest BCUT2D eigenvalue weighted by atomic mass is 10.0. The third kappa shape index (κ3) is 4.82. The highest BCUT2D eigenvalue weighted by atomic mass is 32.2. The number of amidine groups is 1. The molecule has 2 aliphatic rings. The molecule has 1 saturated heterocycles. The maximum Gasteiger partial charge on any atom is 0.279 e. The van der Waals surface area contributed by atoms with Gasteiger partial charge in [-0.2, -0.15) is 0 Å². The van der Waals surface area contributed by atoms with Crippen LogP contribution in [-0.4, -0.2) is 45.8 Å². The second kappa shape index (κ2) is 8.18. The Morgan fingerprint density at radius 2 is 2.15 bits per heavy atom. The van der Waals surface area contributed by atoms with Crippen molar-refractivity contribution in [3.8, 4) is 0 Å². The first kappa shape index (κ1) is 18.8. The Hall–Kier alpha value is -1.93. The van der Waals surface area contributed by atoms with Gasteiger partial charge >= 0.3 is 0 Å². The zero-order chi connectivity index (χ0) is 18.6. The Bertz CT molecular complexity index is 791. The molecule has 8 heteroatoms. The van der Waals surface area contributed by atoms with Crippen molar-refractivity contribution in [2.45, 2.75) is 50.0 Å². The van der Waals surface area contributed by atoms with E-state index in [0.29, 0.717) is 37.1 Å². The molecule has 7 nitrogen and oxygen atoms in total. The maximum absolute atomic E-state index is 12.5. The van der Waals surface area contributed by atoms with Crippen LogP contribution in [0, 0.1) is 0 Å². The van der Waals surface area contributed by atoms with Gasteiger partial charge in [-0.3, -0.25) is 14.5 Å². The molecule has 0 saturated carbocycles. The topological polar surface area (TPSA) is 92.1 Å². The highest BCUT2D eigenvalue weighted by Crippen LogP contribution is 2.16. The maximum atomic E-state index is 12.5. The second-order valence-corrected chi connectivity index (χ2v) is 8.78. The molecule has 1 aromatic rings. The molecule has 1 aromatic carbocycles. The van der Waals surface area contributed by atoms with Crippen LogP contribution in [0.2, 0.25) is 0 Å². The van der Waals surface area contributed by atoms with Gasteiger partial charge in [-0.1, -0.05) is 6.07 Å². The Labute approximate surface area is 154 Å². The van der Waals surface area contributed by atoms with Crippen molar-refractivity contribution >= 4 is 27.5 Å². The lowest BCUT2D eigenvalue weighted by molar-refractivity contribution is -0.920. The monoisotopic (exact) mass is 379 g/mol. The van der Waals surface area contributed by atoms with Crippen LogP contribution in [0.15, 0.2) is 34.2 Å². The summed E-state index contributed by atoms with van der Waals surface area (Å²) in [6.45, 7) is 4.25. The molecule has 2 heterocycles. The molecule has 142 valence electrons. The van der Waals surface area contributed by atoms with Gasteiger partial charge in [0.1, 0.15) is 5.84 Å². The zero-order valence-corrected chi connectivity index (χ0v) is 15.9. The van der Waals surface area contributed by atoms with Crippen LogP contribution in [0.4, 0.5) is 5.69 Å². The lowest BCUT2D eigenvalue weighted by Crippen LogP contribution is -3.17. The molecular formula is C18H27N4O3S+. The molecule has 2 aliphatic heterocycles. The van der Waals surface area contributed by atoms with E-state index in [4.69, 9.17) is 0 Å². The fraction of sp³-hybridized carbons (Fsp3) is 0.556. The molecule has 0 bridgehead atoms. The van der Waals surface area contributed by atoms with Gasteiger partial charge in [0, 0.05) is 18.7 Å². The van der Waals surface area contributed by atoms with Crippen LogP contribution in [-0.2, 0) is 14.8 Å². The highest BCUT2D eigenvalue weighted by molar-refractivity contribution is 7.90. The summed E-state index contributed by atoms with van der Waals surface area (Å²) < 4.78 is 27.5. The van der Waals surface area contributed by atoms with Gasteiger partial charge in [0.2, 0.25) is 0 Å². The SMILES string of the molecule is C[C@@H]1CCCC[NH+]1CC(=O)Nc1cccc(S(=O)(=O)NC2=NCCC2)c1. The molecular weight excluding hydrogens is 352 g/mol. The number of hydrogen-bond acceptors (Lipinski definition) is 4. The number of amides is 1. The smallest absolute Gasteiger partial charge is 0.279 e. The molecule has 2 atom stereocenters. The normalized spacial score (nSPS) is 23.3. The van der Waals surface area contributed by atoms with Crippen molar-refractivity contribution in [1.82, 2.24) is 4.72 Å². The van der Waals surface area contributed by atoms with Crippen molar-refractivity contribution < 1.29 is 18.1 Å². The first-order valence-corrected chi connectivity index (χ1v) is 10.7. The average Bonchev–Trinajstić information content (AvgIpc) is 3.09. The third-order valence-corrected chi connectivity index (χ3v) is 6.40. The molecule has 26 heavy (non-hydrogen) atoms. The number of aliphatic imine (C=N–C) groups is 1. The summed E-state index contributed by atoms with van der Waals surface area (Å²) in [5, 5.41) is 2.83. The minimum Gasteiger partial charge on any atom is -0.325 e. The summed E-state index contributed by atoms with van der Waals surface area (Å²) in [5.74, 6) is 0.415. The van der Waals surface area contributed by atoms with E-state index in [1.165, 1.54) is 23.5 Å². The number of hydrogen-bond donors (Lipinski definition) is 3. The molecule has 0 aliphatic carbocycles. The summed E-state index contributed by atoms with van der Waals surface area (Å²) in [6.07, 6.45) is 5.03. The van der Waals surface area contributed by atoms with Crippen molar-refractivity contribution in [2.24, 2.45) is 4.99 Å². The predicted molar refractivity (Wildman–Crippen MR) is 101 cm³/mol. The summed E-state index contributed by atoms with van der Waals surface area (Å²) >= 11 is 0. The van der Waals surface area contributed by atoms with Crippen molar-refractivity contribution in [3.63, 3.8) is 0 Å². The van der Waals surface area contributed by atoms with Gasteiger partial charge in [0.25, 0.3) is 15.9 Å². The first-order valence-electron chi connectivity index (χ1n) is 9.25. The van der Waals surface area contributed by atoms with E-state index in [1.54, 1.807) is 12.1 Å². The van der Waals surface area contributed by atoms with Crippen molar-refractivity contribution in [2.75, 3.05) is 25.0 Å². The van der Waals surface area contributed by atoms with Crippen LogP contribution < -0.4 is 14.9 Å². The van der Waals surface area contributed by atoms with E-state index in [1.807, 2.05) is 0 Å². The third-order valence-electron chi connectivity index (χ3n) is 5.02. The number of piperidine rings is 1. The Morgan fingerprint density at radius 1 is 1.31 bits per heavy atom. The molecule has 3 N–H and O–H groups in total. The number of anilines is 1. The van der Waals surface area contributed by atoms with Gasteiger partial charge in [-0.25, -0.2) is 8.42 Å². The standard InChI is InChI=1S/C18H26N4O3S/c1-14-6-2-3-11-22(14)13-18(23)20-15-7-4-8-16(12-15)26(24,25)21-17-9-5-10-19-17/h4,7-8,12,14H,2-3,5-6,9-11,13H2,1H3,(H,19,21)(H,20,23)/p+1/t14-/m1/s1. The largest absolute Gasteiger partial charge is 0.325 e. The number of nitrogens with one attached hydrogen (secondary N) is 3. The predicted octanol–water partition coefficient (Wildman–Crippen LogP) is 0.553. The summed E-state index contributed by atoms with van der Waals surface area (Å²) in [4.78, 5) is 17.9. The number of sulfonamides is 1. The van der Waals surface area contributed by atoms with E-state index >= 15 is 0 Å². The van der Waals surface area contributed by atoms with Crippen LogP contribution in [0.5, 0.6) is 0 Å². The number of rotatable bonds is 5. The number of carbonyl (C=O) groups is 1. The van der Waals surface area contributed by atoms with E-state index < -0.39 is 10.0 Å². The Morgan fingerprint density at radius 3 is 2.88 bits per heavy atom. The van der Waals surface area contributed by atoms with Crippen LogP contribution in [0.3, 0.4) is 0 Å². The number of likely N-dealkylation sites (tertiary alicyclic amines) is 1.